The molecule has 0 amide bonds. The van der Waals surface area contributed by atoms with Crippen LogP contribution in [0.2, 0.25) is 0 Å². The fourth-order valence-electron chi connectivity index (χ4n) is 5.37. The van der Waals surface area contributed by atoms with Crippen LogP contribution < -0.4 is 24.7 Å². The van der Waals surface area contributed by atoms with Crippen molar-refractivity contribution < 1.29 is 28.1 Å². The van der Waals surface area contributed by atoms with Crippen molar-refractivity contribution in [2.75, 3.05) is 7.11 Å². The van der Waals surface area contributed by atoms with Crippen LogP contribution >= 0.6 is 0 Å². The van der Waals surface area contributed by atoms with E-state index in [-0.39, 0.29) is 36.1 Å². The number of nitrogens with zero attached hydrogens (tertiary/aromatic N) is 1. The summed E-state index contributed by atoms with van der Waals surface area (Å²) in [5.41, 5.74) is 9.06. The zero-order valence-electron chi connectivity index (χ0n) is 23.8. The number of fused-ring (bicyclic) bond motifs is 2. The van der Waals surface area contributed by atoms with Gasteiger partial charge in [0.2, 0.25) is 5.88 Å². The number of esters is 1. The molecule has 0 aliphatic carbocycles. The van der Waals surface area contributed by atoms with E-state index in [1.54, 1.807) is 54.6 Å². The van der Waals surface area contributed by atoms with E-state index in [2.05, 4.69) is 6.07 Å². The zero-order valence-corrected chi connectivity index (χ0v) is 23.8. The normalized spacial score (nSPS) is 13.9. The number of nitriles is 1. The maximum absolute atomic E-state index is 14.1. The van der Waals surface area contributed by atoms with Gasteiger partial charge in [0.05, 0.1) is 19.4 Å². The summed E-state index contributed by atoms with van der Waals surface area (Å²) in [6.45, 7) is 0.0147. The minimum absolute atomic E-state index is 0.0147. The van der Waals surface area contributed by atoms with Gasteiger partial charge >= 0.3 is 5.97 Å². The summed E-state index contributed by atoms with van der Waals surface area (Å²) < 4.78 is 37.0. The molecule has 218 valence electrons. The summed E-state index contributed by atoms with van der Waals surface area (Å²) in [5.74, 6) is 0.0424. The molecule has 0 saturated heterocycles. The predicted octanol–water partition coefficient (Wildman–Crippen LogP) is 6.93. The molecule has 7 nitrogen and oxygen atoms in total. The number of carbonyl (C=O) groups excluding carboxylic acids is 1. The molecule has 0 fully saturated rings. The van der Waals surface area contributed by atoms with Gasteiger partial charge in [-0.1, -0.05) is 72.8 Å². The molecule has 1 aliphatic heterocycles. The Morgan fingerprint density at radius 1 is 0.932 bits per heavy atom. The Hall–Kier alpha value is -5.81. The number of halogens is 1. The second-order valence-electron chi connectivity index (χ2n) is 10.2. The van der Waals surface area contributed by atoms with Crippen LogP contribution in [0.5, 0.6) is 23.0 Å². The largest absolute Gasteiger partial charge is 0.493 e. The molecule has 8 heteroatoms. The van der Waals surface area contributed by atoms with Gasteiger partial charge in [0.15, 0.2) is 11.5 Å². The summed E-state index contributed by atoms with van der Waals surface area (Å²) in [6.07, 6.45) is 0.0909. The molecule has 44 heavy (non-hydrogen) atoms. The lowest BCUT2D eigenvalue weighted by molar-refractivity contribution is -0.133. The van der Waals surface area contributed by atoms with Crippen molar-refractivity contribution in [2.45, 2.75) is 18.9 Å². The highest BCUT2D eigenvalue weighted by molar-refractivity contribution is 5.89. The first-order valence-corrected chi connectivity index (χ1v) is 13.9. The fourth-order valence-corrected chi connectivity index (χ4v) is 5.37. The van der Waals surface area contributed by atoms with Crippen molar-refractivity contribution in [3.63, 3.8) is 0 Å². The maximum atomic E-state index is 14.1. The molecular weight excluding hydrogens is 559 g/mol. The van der Waals surface area contributed by atoms with Crippen LogP contribution in [0.4, 0.5) is 4.39 Å². The topological polar surface area (TPSA) is 104 Å². The monoisotopic (exact) mass is 586 g/mol. The third kappa shape index (κ3) is 5.63. The average molecular weight is 587 g/mol. The number of hydrogen-bond acceptors (Lipinski definition) is 7. The van der Waals surface area contributed by atoms with E-state index in [1.165, 1.54) is 13.2 Å². The molecule has 5 aromatic carbocycles. The number of allylic oxidation sites excluding steroid dienone is 1. The van der Waals surface area contributed by atoms with Crippen LogP contribution in [-0.4, -0.2) is 13.1 Å². The van der Waals surface area contributed by atoms with Gasteiger partial charge in [-0.25, -0.2) is 4.39 Å². The molecule has 1 atom stereocenters. The SMILES string of the molecule is COc1cc(C2C(C#N)=C(N)Oc3cc(OC(=O)Cc4cccc5ccccc45)ccc32)ccc1OCc1ccccc1F. The van der Waals surface area contributed by atoms with Crippen LogP contribution in [0.25, 0.3) is 10.8 Å². The first-order chi connectivity index (χ1) is 21.4. The molecule has 0 spiro atoms. The molecule has 1 aliphatic rings. The highest BCUT2D eigenvalue weighted by Crippen LogP contribution is 2.45. The molecule has 0 aromatic heterocycles. The molecule has 0 bridgehead atoms. The van der Waals surface area contributed by atoms with Gasteiger partial charge in [-0.05, 0) is 46.2 Å². The number of carbonyl (C=O) groups is 1. The van der Waals surface area contributed by atoms with Gasteiger partial charge in [0.25, 0.3) is 0 Å². The molecule has 5 aromatic rings. The summed E-state index contributed by atoms with van der Waals surface area (Å²) >= 11 is 0. The molecule has 0 saturated carbocycles. The van der Waals surface area contributed by atoms with Gasteiger partial charge < -0.3 is 24.7 Å². The standard InChI is InChI=1S/C36H27FN2O5/c1-41-33-17-24(13-16-31(33)42-21-25-8-3-5-12-30(25)37)35-28-15-14-26(19-32(28)44-36(39)29(35)20-38)43-34(40)18-23-10-6-9-22-7-2-4-11-27(22)23/h2-17,19,35H,18,21,39H2,1H3. The minimum atomic E-state index is -0.585. The van der Waals surface area contributed by atoms with Crippen molar-refractivity contribution in [2.24, 2.45) is 5.73 Å². The summed E-state index contributed by atoms with van der Waals surface area (Å²) in [4.78, 5) is 12.9. The molecule has 1 unspecified atom stereocenters. The van der Waals surface area contributed by atoms with Crippen molar-refractivity contribution in [3.8, 4) is 29.1 Å². The van der Waals surface area contributed by atoms with Crippen LogP contribution in [0.3, 0.4) is 0 Å². The second-order valence-corrected chi connectivity index (χ2v) is 10.2. The lowest BCUT2D eigenvalue weighted by Gasteiger charge is -2.27. The van der Waals surface area contributed by atoms with Crippen LogP contribution in [0.1, 0.15) is 28.2 Å². The van der Waals surface area contributed by atoms with Crippen molar-refractivity contribution in [1.29, 1.82) is 5.26 Å². The number of hydrogen-bond donors (Lipinski definition) is 1. The van der Waals surface area contributed by atoms with E-state index in [9.17, 15) is 14.4 Å². The Morgan fingerprint density at radius 3 is 2.52 bits per heavy atom. The Bertz CT molecular complexity index is 1960. The quantitative estimate of drug-likeness (QED) is 0.155. The highest BCUT2D eigenvalue weighted by atomic mass is 19.1. The predicted molar refractivity (Wildman–Crippen MR) is 163 cm³/mol. The number of nitrogens with two attached hydrogens (primary N) is 1. The zero-order chi connectivity index (χ0) is 30.6. The third-order valence-corrected chi connectivity index (χ3v) is 7.50. The fraction of sp³-hybridized carbons (Fsp3) is 0.111. The molecule has 6 rings (SSSR count). The Morgan fingerprint density at radius 2 is 1.70 bits per heavy atom. The number of methoxy groups -OCH3 is 1. The Labute approximate surface area is 253 Å². The lowest BCUT2D eigenvalue weighted by atomic mass is 9.83. The van der Waals surface area contributed by atoms with Gasteiger partial charge in [0.1, 0.15) is 35.6 Å². The minimum Gasteiger partial charge on any atom is -0.493 e. The number of rotatable bonds is 8. The Kier molecular flexibility index (Phi) is 7.85. The van der Waals surface area contributed by atoms with E-state index in [4.69, 9.17) is 24.7 Å². The van der Waals surface area contributed by atoms with Crippen LogP contribution in [0, 0.1) is 17.1 Å². The van der Waals surface area contributed by atoms with Crippen LogP contribution in [-0.2, 0) is 17.8 Å². The van der Waals surface area contributed by atoms with E-state index in [0.717, 1.165) is 16.3 Å². The van der Waals surface area contributed by atoms with E-state index < -0.39 is 11.9 Å². The Balaban J connectivity index is 1.25. The lowest BCUT2D eigenvalue weighted by Crippen LogP contribution is -2.21. The average Bonchev–Trinajstić information content (AvgIpc) is 3.04. The van der Waals surface area contributed by atoms with Gasteiger partial charge in [-0.3, -0.25) is 4.79 Å². The molecule has 2 N–H and O–H groups in total. The third-order valence-electron chi connectivity index (χ3n) is 7.50. The highest BCUT2D eigenvalue weighted by Gasteiger charge is 2.32. The summed E-state index contributed by atoms with van der Waals surface area (Å²) in [7, 11) is 1.50. The number of benzene rings is 5. The van der Waals surface area contributed by atoms with E-state index in [1.807, 2.05) is 42.5 Å². The summed E-state index contributed by atoms with van der Waals surface area (Å²) in [5, 5.41) is 12.0. The second kappa shape index (κ2) is 12.2. The van der Waals surface area contributed by atoms with Crippen molar-refractivity contribution >= 4 is 16.7 Å². The first-order valence-electron chi connectivity index (χ1n) is 13.9. The maximum Gasteiger partial charge on any atom is 0.315 e. The summed E-state index contributed by atoms with van der Waals surface area (Å²) in [6, 6.07) is 32.5. The molecule has 0 radical (unpaired) electrons. The molecule has 1 heterocycles. The first kappa shape index (κ1) is 28.3. The van der Waals surface area contributed by atoms with E-state index in [0.29, 0.717) is 33.9 Å². The molecular formula is C36H27FN2O5. The van der Waals surface area contributed by atoms with Crippen molar-refractivity contribution in [3.05, 3.63) is 143 Å². The van der Waals surface area contributed by atoms with Crippen molar-refractivity contribution in [1.82, 2.24) is 0 Å². The van der Waals surface area contributed by atoms with Gasteiger partial charge in [-0.15, -0.1) is 0 Å². The van der Waals surface area contributed by atoms with Gasteiger partial charge in [-0.2, -0.15) is 5.26 Å². The van der Waals surface area contributed by atoms with Gasteiger partial charge in [0, 0.05) is 17.2 Å². The number of ether oxygens (including phenoxy) is 4. The smallest absolute Gasteiger partial charge is 0.315 e. The van der Waals surface area contributed by atoms with Crippen LogP contribution in [0.15, 0.2) is 115 Å². The van der Waals surface area contributed by atoms with E-state index >= 15 is 0 Å².